The maximum Gasteiger partial charge on any atom is 0.417 e. The molecule has 2 aromatic carbocycles. The van der Waals surface area contributed by atoms with Gasteiger partial charge in [0.15, 0.2) is 0 Å². The van der Waals surface area contributed by atoms with Crippen LogP contribution in [0.5, 0.6) is 5.88 Å². The van der Waals surface area contributed by atoms with Crippen molar-refractivity contribution in [3.05, 3.63) is 83.6 Å². The predicted molar refractivity (Wildman–Crippen MR) is 105 cm³/mol. The summed E-state index contributed by atoms with van der Waals surface area (Å²) in [4.78, 5) is 9.49. The molecule has 0 aliphatic carbocycles. The van der Waals surface area contributed by atoms with Crippen LogP contribution >= 0.6 is 0 Å². The lowest BCUT2D eigenvalue weighted by atomic mass is 9.97. The highest BCUT2D eigenvalue weighted by molar-refractivity contribution is 5.96. The van der Waals surface area contributed by atoms with Crippen molar-refractivity contribution in [1.29, 1.82) is 0 Å². The van der Waals surface area contributed by atoms with Crippen LogP contribution < -0.4 is 4.74 Å². The van der Waals surface area contributed by atoms with E-state index in [1.807, 2.05) is 0 Å². The first-order chi connectivity index (χ1) is 13.9. The molecule has 0 saturated heterocycles. The summed E-state index contributed by atoms with van der Waals surface area (Å²) in [5.41, 5.74) is 1.33. The Labute approximate surface area is 166 Å². The fourth-order valence-electron chi connectivity index (χ4n) is 2.77. The molecule has 0 fully saturated rings. The monoisotopic (exact) mass is 400 g/mol. The van der Waals surface area contributed by atoms with E-state index in [1.165, 1.54) is 13.2 Å². The maximum absolute atomic E-state index is 13.6. The predicted octanol–water partition coefficient (Wildman–Crippen LogP) is 5.72. The highest BCUT2D eigenvalue weighted by Crippen LogP contribution is 2.37. The molecule has 3 rings (SSSR count). The third-order valence-electron chi connectivity index (χ3n) is 4.21. The van der Waals surface area contributed by atoms with Gasteiger partial charge in [0, 0.05) is 6.07 Å². The Morgan fingerprint density at radius 1 is 1.00 bits per heavy atom. The number of rotatable bonds is 6. The Morgan fingerprint density at radius 3 is 2.45 bits per heavy atom. The quantitative estimate of drug-likeness (QED) is 0.393. The summed E-state index contributed by atoms with van der Waals surface area (Å²) < 4.78 is 45.8. The molecule has 29 heavy (non-hydrogen) atoms. The highest BCUT2D eigenvalue weighted by Gasteiger charge is 2.34. The molecule has 0 aliphatic heterocycles. The van der Waals surface area contributed by atoms with Crippen molar-refractivity contribution in [2.75, 3.05) is 7.11 Å². The molecular weight excluding hydrogens is 381 g/mol. The van der Waals surface area contributed by atoms with Gasteiger partial charge in [-0.3, -0.25) is 0 Å². The first-order valence-corrected chi connectivity index (χ1v) is 8.82. The normalized spacial score (nSPS) is 12.0. The summed E-state index contributed by atoms with van der Waals surface area (Å²) in [5, 5.41) is 3.95. The standard InChI is InChI=1S/C22H19F3N2O2/c1-15(20-9-6-10-21(26-20)28-2)27-29-14-16-11-12-18(17-7-4-3-5-8-17)19(13-16)22(23,24)25/h3-13H,14H2,1-2H3. The lowest BCUT2D eigenvalue weighted by molar-refractivity contribution is -0.137. The van der Waals surface area contributed by atoms with Crippen LogP contribution in [0, 0.1) is 0 Å². The minimum absolute atomic E-state index is 0.0978. The highest BCUT2D eigenvalue weighted by atomic mass is 19.4. The fraction of sp³-hybridized carbons (Fsp3) is 0.182. The van der Waals surface area contributed by atoms with Crippen molar-refractivity contribution in [2.45, 2.75) is 19.7 Å². The molecule has 0 amide bonds. The number of alkyl halides is 3. The van der Waals surface area contributed by atoms with Crippen molar-refractivity contribution in [3.63, 3.8) is 0 Å². The van der Waals surface area contributed by atoms with Crippen LogP contribution in [-0.2, 0) is 17.6 Å². The van der Waals surface area contributed by atoms with Crippen LogP contribution in [0.25, 0.3) is 11.1 Å². The zero-order valence-corrected chi connectivity index (χ0v) is 15.9. The van der Waals surface area contributed by atoms with E-state index in [1.54, 1.807) is 61.5 Å². The number of pyridine rings is 1. The second kappa shape index (κ2) is 8.77. The van der Waals surface area contributed by atoms with E-state index >= 15 is 0 Å². The Kier molecular flexibility index (Phi) is 6.16. The smallest absolute Gasteiger partial charge is 0.417 e. The van der Waals surface area contributed by atoms with Gasteiger partial charge >= 0.3 is 6.18 Å². The zero-order valence-electron chi connectivity index (χ0n) is 15.9. The Balaban J connectivity index is 1.79. The second-order valence-electron chi connectivity index (χ2n) is 6.26. The first-order valence-electron chi connectivity index (χ1n) is 8.82. The van der Waals surface area contributed by atoms with Gasteiger partial charge in [-0.2, -0.15) is 13.2 Å². The van der Waals surface area contributed by atoms with Crippen molar-refractivity contribution in [2.24, 2.45) is 5.16 Å². The molecule has 0 bridgehead atoms. The molecule has 0 unspecified atom stereocenters. The van der Waals surface area contributed by atoms with E-state index in [-0.39, 0.29) is 12.2 Å². The summed E-state index contributed by atoms with van der Waals surface area (Å²) in [6, 6.07) is 17.8. The number of hydrogen-bond donors (Lipinski definition) is 0. The largest absolute Gasteiger partial charge is 0.481 e. The number of aromatic nitrogens is 1. The third kappa shape index (κ3) is 5.13. The molecule has 0 saturated carbocycles. The van der Waals surface area contributed by atoms with E-state index in [2.05, 4.69) is 10.1 Å². The Bertz CT molecular complexity index is 1000. The van der Waals surface area contributed by atoms with Gasteiger partial charge in [0.2, 0.25) is 5.88 Å². The van der Waals surface area contributed by atoms with Gasteiger partial charge in [0.05, 0.1) is 18.4 Å². The van der Waals surface area contributed by atoms with E-state index in [0.29, 0.717) is 28.4 Å². The molecule has 0 aliphatic rings. The zero-order chi connectivity index (χ0) is 20.9. The molecule has 0 spiro atoms. The van der Waals surface area contributed by atoms with Crippen LogP contribution in [0.15, 0.2) is 71.9 Å². The minimum Gasteiger partial charge on any atom is -0.481 e. The lowest BCUT2D eigenvalue weighted by Crippen LogP contribution is -2.08. The SMILES string of the molecule is COc1cccc(C(C)=NOCc2ccc(-c3ccccc3)c(C(F)(F)F)c2)n1. The first kappa shape index (κ1) is 20.4. The molecule has 0 N–H and O–H groups in total. The fourth-order valence-corrected chi connectivity index (χ4v) is 2.77. The number of nitrogens with zero attached hydrogens (tertiary/aromatic N) is 2. The van der Waals surface area contributed by atoms with Gasteiger partial charge in [-0.15, -0.1) is 0 Å². The van der Waals surface area contributed by atoms with Gasteiger partial charge in [-0.25, -0.2) is 4.98 Å². The van der Waals surface area contributed by atoms with Crippen molar-refractivity contribution in [1.82, 2.24) is 4.98 Å². The summed E-state index contributed by atoms with van der Waals surface area (Å²) in [5.74, 6) is 0.434. The van der Waals surface area contributed by atoms with E-state index < -0.39 is 11.7 Å². The molecule has 3 aromatic rings. The average Bonchev–Trinajstić information content (AvgIpc) is 2.73. The molecule has 0 radical (unpaired) electrons. The topological polar surface area (TPSA) is 43.7 Å². The lowest BCUT2D eigenvalue weighted by Gasteiger charge is -2.14. The van der Waals surface area contributed by atoms with Gasteiger partial charge in [-0.1, -0.05) is 53.7 Å². The number of oxime groups is 1. The minimum atomic E-state index is -4.48. The van der Waals surface area contributed by atoms with Crippen LogP contribution in [0.4, 0.5) is 13.2 Å². The summed E-state index contributed by atoms with van der Waals surface area (Å²) >= 11 is 0. The van der Waals surface area contributed by atoms with E-state index in [0.717, 1.165) is 6.07 Å². The molecular formula is C22H19F3N2O2. The number of hydrogen-bond acceptors (Lipinski definition) is 4. The molecule has 7 heteroatoms. The number of halogens is 3. The number of benzene rings is 2. The van der Waals surface area contributed by atoms with E-state index in [9.17, 15) is 13.2 Å². The third-order valence-corrected chi connectivity index (χ3v) is 4.21. The number of methoxy groups -OCH3 is 1. The number of ether oxygens (including phenoxy) is 1. The summed E-state index contributed by atoms with van der Waals surface area (Å²) in [7, 11) is 1.51. The summed E-state index contributed by atoms with van der Waals surface area (Å²) in [6.45, 7) is 1.60. The molecule has 0 atom stereocenters. The maximum atomic E-state index is 13.6. The Morgan fingerprint density at radius 2 is 1.76 bits per heavy atom. The second-order valence-corrected chi connectivity index (χ2v) is 6.26. The molecule has 1 heterocycles. The molecule has 150 valence electrons. The Hall–Kier alpha value is -3.35. The van der Waals surface area contributed by atoms with Crippen LogP contribution in [0.2, 0.25) is 0 Å². The van der Waals surface area contributed by atoms with Gasteiger partial charge in [0.25, 0.3) is 0 Å². The summed E-state index contributed by atoms with van der Waals surface area (Å²) in [6.07, 6.45) is -4.48. The molecule has 1 aromatic heterocycles. The van der Waals surface area contributed by atoms with Gasteiger partial charge < -0.3 is 9.57 Å². The van der Waals surface area contributed by atoms with Crippen LogP contribution in [0.3, 0.4) is 0 Å². The van der Waals surface area contributed by atoms with Gasteiger partial charge in [-0.05, 0) is 35.7 Å². The van der Waals surface area contributed by atoms with Gasteiger partial charge in [0.1, 0.15) is 12.3 Å². The molecule has 4 nitrogen and oxygen atoms in total. The average molecular weight is 400 g/mol. The van der Waals surface area contributed by atoms with Crippen LogP contribution in [0.1, 0.15) is 23.7 Å². The van der Waals surface area contributed by atoms with Crippen molar-refractivity contribution < 1.29 is 22.7 Å². The van der Waals surface area contributed by atoms with Crippen LogP contribution in [-0.4, -0.2) is 17.8 Å². The van der Waals surface area contributed by atoms with E-state index in [4.69, 9.17) is 9.57 Å². The van der Waals surface area contributed by atoms with Crippen molar-refractivity contribution >= 4 is 5.71 Å². The van der Waals surface area contributed by atoms with Crippen molar-refractivity contribution in [3.8, 4) is 17.0 Å².